The molecule has 1 fully saturated rings. The Morgan fingerprint density at radius 1 is 1.53 bits per heavy atom. The molecule has 0 aliphatic carbocycles. The molecule has 0 spiro atoms. The van der Waals surface area contributed by atoms with Gasteiger partial charge < -0.3 is 10.1 Å². The van der Waals surface area contributed by atoms with Gasteiger partial charge in [0, 0.05) is 6.07 Å². The minimum atomic E-state index is -0.534. The highest BCUT2D eigenvalue weighted by molar-refractivity contribution is 8.26. The summed E-state index contributed by atoms with van der Waals surface area (Å²) in [7, 11) is 1.36. The van der Waals surface area contributed by atoms with Crippen molar-refractivity contribution < 1.29 is 14.5 Å². The highest BCUT2D eigenvalue weighted by Crippen LogP contribution is 2.31. The molecule has 1 aliphatic heterocycles. The molecule has 1 saturated heterocycles. The normalized spacial score (nSPS) is 16.6. The number of thiocarbonyl (C=S) groups is 1. The number of nitrogens with zero attached hydrogens (tertiary/aromatic N) is 1. The number of benzene rings is 1. The van der Waals surface area contributed by atoms with Crippen LogP contribution in [0.3, 0.4) is 0 Å². The quantitative estimate of drug-likeness (QED) is 0.398. The molecule has 6 nitrogen and oxygen atoms in total. The third-order valence-electron chi connectivity index (χ3n) is 2.34. The lowest BCUT2D eigenvalue weighted by Crippen LogP contribution is -2.17. The summed E-state index contributed by atoms with van der Waals surface area (Å²) < 4.78 is 5.28. The zero-order valence-electron chi connectivity index (χ0n) is 9.71. The van der Waals surface area contributed by atoms with Crippen LogP contribution in [-0.4, -0.2) is 22.3 Å². The van der Waals surface area contributed by atoms with Gasteiger partial charge in [0.05, 0.1) is 16.9 Å². The van der Waals surface area contributed by atoms with Crippen molar-refractivity contribution >= 4 is 46.0 Å². The monoisotopic (exact) mass is 296 g/mol. The van der Waals surface area contributed by atoms with Gasteiger partial charge in [-0.2, -0.15) is 0 Å². The van der Waals surface area contributed by atoms with Crippen molar-refractivity contribution in [1.82, 2.24) is 5.32 Å². The molecule has 0 radical (unpaired) electrons. The van der Waals surface area contributed by atoms with Gasteiger partial charge in [-0.15, -0.1) is 0 Å². The van der Waals surface area contributed by atoms with E-state index < -0.39 is 4.92 Å². The lowest BCUT2D eigenvalue weighted by molar-refractivity contribution is -0.385. The number of carbonyl (C=O) groups excluding carboxylic acids is 1. The summed E-state index contributed by atoms with van der Waals surface area (Å²) in [5.74, 6) is -0.125. The number of thioether (sulfide) groups is 1. The summed E-state index contributed by atoms with van der Waals surface area (Å²) in [6, 6.07) is 4.47. The molecule has 0 atom stereocenters. The number of hydrogen-bond donors (Lipinski definition) is 1. The molecule has 19 heavy (non-hydrogen) atoms. The summed E-state index contributed by atoms with van der Waals surface area (Å²) in [4.78, 5) is 22.2. The molecule has 0 unspecified atom stereocenters. The summed E-state index contributed by atoms with van der Waals surface area (Å²) in [6.07, 6.45) is 1.55. The third-order valence-corrected chi connectivity index (χ3v) is 3.50. The predicted octanol–water partition coefficient (Wildman–Crippen LogP) is 2.09. The molecule has 1 aromatic rings. The molecular formula is C11H8N2O4S2. The van der Waals surface area contributed by atoms with Crippen LogP contribution in [0.4, 0.5) is 5.69 Å². The summed E-state index contributed by atoms with van der Waals surface area (Å²) in [5, 5.41) is 13.4. The number of hydrogen-bond acceptors (Lipinski definition) is 6. The molecule has 2 rings (SSSR count). The van der Waals surface area contributed by atoms with E-state index in [1.54, 1.807) is 12.1 Å². The van der Waals surface area contributed by atoms with Crippen LogP contribution in [0.5, 0.6) is 5.75 Å². The Morgan fingerprint density at radius 3 is 2.79 bits per heavy atom. The van der Waals surface area contributed by atoms with Crippen molar-refractivity contribution in [3.63, 3.8) is 0 Å². The molecule has 1 N–H and O–H groups in total. The number of carbonyl (C=O) groups is 1. The Labute approximate surface area is 118 Å². The minimum Gasteiger partial charge on any atom is -0.490 e. The molecule has 1 heterocycles. The van der Waals surface area contributed by atoms with E-state index in [1.807, 2.05) is 0 Å². The van der Waals surface area contributed by atoms with Crippen molar-refractivity contribution in [2.75, 3.05) is 7.11 Å². The zero-order valence-corrected chi connectivity index (χ0v) is 11.3. The van der Waals surface area contributed by atoms with Gasteiger partial charge >= 0.3 is 5.69 Å². The predicted molar refractivity (Wildman–Crippen MR) is 76.0 cm³/mol. The molecule has 1 aromatic carbocycles. The third kappa shape index (κ3) is 2.91. The Bertz CT molecular complexity index is 613. The van der Waals surface area contributed by atoms with Gasteiger partial charge in [-0.3, -0.25) is 14.9 Å². The van der Waals surface area contributed by atoms with E-state index in [9.17, 15) is 14.9 Å². The van der Waals surface area contributed by atoms with Crippen LogP contribution >= 0.6 is 24.0 Å². The Hall–Kier alpha value is -1.93. The van der Waals surface area contributed by atoms with Gasteiger partial charge in [0.25, 0.3) is 5.91 Å². The maximum Gasteiger partial charge on any atom is 0.311 e. The van der Waals surface area contributed by atoms with Crippen molar-refractivity contribution in [2.24, 2.45) is 0 Å². The van der Waals surface area contributed by atoms with Crippen LogP contribution in [0.2, 0.25) is 0 Å². The van der Waals surface area contributed by atoms with Gasteiger partial charge in [0.15, 0.2) is 5.75 Å². The average Bonchev–Trinajstić information content (AvgIpc) is 2.67. The van der Waals surface area contributed by atoms with Crippen LogP contribution in [0.1, 0.15) is 5.56 Å². The molecule has 0 bridgehead atoms. The average molecular weight is 296 g/mol. The van der Waals surface area contributed by atoms with Crippen LogP contribution in [0, 0.1) is 10.1 Å². The van der Waals surface area contributed by atoms with Crippen LogP contribution in [-0.2, 0) is 4.79 Å². The van der Waals surface area contributed by atoms with E-state index in [4.69, 9.17) is 17.0 Å². The first-order valence-corrected chi connectivity index (χ1v) is 6.31. The Kier molecular flexibility index (Phi) is 3.82. The fourth-order valence-electron chi connectivity index (χ4n) is 1.51. The number of nitrogens with one attached hydrogen (secondary N) is 1. The van der Waals surface area contributed by atoms with Crippen molar-refractivity contribution in [3.8, 4) is 5.75 Å². The summed E-state index contributed by atoms with van der Waals surface area (Å²) in [5.41, 5.74) is 0.387. The minimum absolute atomic E-state index is 0.150. The smallest absolute Gasteiger partial charge is 0.311 e. The first kappa shape index (κ1) is 13.5. The number of methoxy groups -OCH3 is 1. The second-order valence-corrected chi connectivity index (χ2v) is 5.26. The van der Waals surface area contributed by atoms with Crippen LogP contribution in [0.25, 0.3) is 6.08 Å². The molecule has 0 aromatic heterocycles. The van der Waals surface area contributed by atoms with Crippen LogP contribution in [0.15, 0.2) is 23.1 Å². The van der Waals surface area contributed by atoms with Crippen molar-refractivity contribution in [3.05, 3.63) is 38.8 Å². The Balaban J connectivity index is 2.39. The lowest BCUT2D eigenvalue weighted by Gasteiger charge is -2.02. The second kappa shape index (κ2) is 5.37. The maximum absolute atomic E-state index is 11.5. The molecule has 1 amide bonds. The number of nitro groups is 1. The summed E-state index contributed by atoms with van der Waals surface area (Å²) >= 11 is 5.98. The largest absolute Gasteiger partial charge is 0.490 e. The molecule has 98 valence electrons. The van der Waals surface area contributed by atoms with Crippen LogP contribution < -0.4 is 10.1 Å². The SMILES string of the molecule is COc1ccc(/C=C2/SC(=S)NC2=O)cc1[N+](=O)[O-]. The fraction of sp³-hybridized carbons (Fsp3) is 0.0909. The second-order valence-electron chi connectivity index (χ2n) is 3.54. The number of amides is 1. The van der Waals surface area contributed by atoms with Gasteiger partial charge in [-0.1, -0.05) is 30.0 Å². The molecular weight excluding hydrogens is 288 g/mol. The van der Waals surface area contributed by atoms with E-state index in [0.717, 1.165) is 11.8 Å². The van der Waals surface area contributed by atoms with E-state index >= 15 is 0 Å². The fourth-order valence-corrected chi connectivity index (χ4v) is 2.56. The van der Waals surface area contributed by atoms with Gasteiger partial charge in [0.2, 0.25) is 0 Å². The van der Waals surface area contributed by atoms with Crippen molar-refractivity contribution in [1.29, 1.82) is 0 Å². The molecule has 1 aliphatic rings. The number of rotatable bonds is 3. The maximum atomic E-state index is 11.5. The summed E-state index contributed by atoms with van der Waals surface area (Å²) in [6.45, 7) is 0. The van der Waals surface area contributed by atoms with Crippen molar-refractivity contribution in [2.45, 2.75) is 0 Å². The standard InChI is InChI=1S/C11H8N2O4S2/c1-17-8-3-2-6(4-7(8)13(15)16)5-9-10(14)12-11(18)19-9/h2-5H,1H3,(H,12,14,18)/b9-5+. The number of ether oxygens (including phenoxy) is 1. The highest BCUT2D eigenvalue weighted by Gasteiger charge is 2.22. The topological polar surface area (TPSA) is 81.5 Å². The first-order chi connectivity index (χ1) is 9.01. The van der Waals surface area contributed by atoms with Gasteiger partial charge in [0.1, 0.15) is 4.32 Å². The molecule has 8 heteroatoms. The van der Waals surface area contributed by atoms with Gasteiger partial charge in [-0.25, -0.2) is 0 Å². The van der Waals surface area contributed by atoms with E-state index in [1.165, 1.54) is 19.2 Å². The molecule has 0 saturated carbocycles. The zero-order chi connectivity index (χ0) is 14.0. The first-order valence-electron chi connectivity index (χ1n) is 5.08. The highest BCUT2D eigenvalue weighted by atomic mass is 32.2. The van der Waals surface area contributed by atoms with Gasteiger partial charge in [-0.05, 0) is 17.7 Å². The Morgan fingerprint density at radius 2 is 2.26 bits per heavy atom. The van der Waals surface area contributed by atoms with E-state index in [2.05, 4.69) is 5.32 Å². The van der Waals surface area contributed by atoms with E-state index in [0.29, 0.717) is 14.8 Å². The lowest BCUT2D eigenvalue weighted by atomic mass is 10.1. The van der Waals surface area contributed by atoms with E-state index in [-0.39, 0.29) is 17.3 Å². The number of nitro benzene ring substituents is 1.